The highest BCUT2D eigenvalue weighted by molar-refractivity contribution is 7.99. The summed E-state index contributed by atoms with van der Waals surface area (Å²) in [5.41, 5.74) is 5.11. The van der Waals surface area contributed by atoms with Crippen LogP contribution >= 0.6 is 24.0 Å². The van der Waals surface area contributed by atoms with Crippen molar-refractivity contribution in [2.45, 2.75) is 41.8 Å². The maximum absolute atomic E-state index is 10.5. The fraction of sp³-hybridized carbons (Fsp3) is 0.250. The lowest BCUT2D eigenvalue weighted by Gasteiger charge is -2.41. The quantitative estimate of drug-likeness (QED) is 0.399. The maximum atomic E-state index is 10.5. The number of rotatable bonds is 2. The smallest absolute Gasteiger partial charge is 0.168 e. The van der Waals surface area contributed by atoms with Gasteiger partial charge >= 0.3 is 0 Å². The van der Waals surface area contributed by atoms with Crippen LogP contribution < -0.4 is 21.0 Å². The minimum atomic E-state index is -0.119. The van der Waals surface area contributed by atoms with Crippen molar-refractivity contribution in [1.29, 1.82) is 0 Å². The summed E-state index contributed by atoms with van der Waals surface area (Å²) in [4.78, 5) is 2.42. The normalized spacial score (nSPS) is 25.8. The molecule has 0 saturated carbocycles. The summed E-state index contributed by atoms with van der Waals surface area (Å²) in [5, 5.41) is 28.4. The fourth-order valence-corrected chi connectivity index (χ4v) is 6.10. The van der Waals surface area contributed by atoms with Gasteiger partial charge in [-0.1, -0.05) is 30.0 Å². The van der Waals surface area contributed by atoms with E-state index >= 15 is 0 Å². The van der Waals surface area contributed by atoms with Gasteiger partial charge in [-0.3, -0.25) is 0 Å². The molecule has 3 heterocycles. The van der Waals surface area contributed by atoms with Crippen LogP contribution in [0.5, 0.6) is 0 Å². The van der Waals surface area contributed by atoms with Crippen molar-refractivity contribution in [3.63, 3.8) is 0 Å². The minimum absolute atomic E-state index is 0.0423. The lowest BCUT2D eigenvalue weighted by Crippen LogP contribution is -2.64. The predicted molar refractivity (Wildman–Crippen MR) is 134 cm³/mol. The van der Waals surface area contributed by atoms with Crippen LogP contribution in [0.4, 0.5) is 17.1 Å². The molecule has 162 valence electrons. The molecule has 0 spiro atoms. The van der Waals surface area contributed by atoms with Crippen molar-refractivity contribution in [2.75, 3.05) is 10.3 Å². The number of hydrogen-bond donors (Lipinski definition) is 4. The predicted octanol–water partition coefficient (Wildman–Crippen LogP) is 5.04. The van der Waals surface area contributed by atoms with Gasteiger partial charge in [0.1, 0.15) is 11.9 Å². The molecule has 2 aromatic carbocycles. The Labute approximate surface area is 196 Å². The number of benzene rings is 2. The van der Waals surface area contributed by atoms with Gasteiger partial charge in [-0.05, 0) is 68.4 Å². The summed E-state index contributed by atoms with van der Waals surface area (Å²) in [7, 11) is 0. The first-order valence-electron chi connectivity index (χ1n) is 10.8. The molecule has 1 saturated heterocycles. The SMILES string of the molecule is CC1=NN(c2ccc3c(c2)Nc2ccccc2S3)C2NC(=S)NC(C3=CCCC=C3O)C12. The molecule has 1 aliphatic carbocycles. The number of fused-ring (bicyclic) bond motifs is 3. The van der Waals surface area contributed by atoms with E-state index in [0.717, 1.165) is 41.2 Å². The third kappa shape index (κ3) is 3.17. The zero-order valence-corrected chi connectivity index (χ0v) is 19.1. The number of aliphatic hydroxyl groups is 1. The van der Waals surface area contributed by atoms with E-state index in [2.05, 4.69) is 65.3 Å². The monoisotopic (exact) mass is 461 g/mol. The zero-order chi connectivity index (χ0) is 21.8. The lowest BCUT2D eigenvalue weighted by atomic mass is 9.83. The van der Waals surface area contributed by atoms with Crippen LogP contribution in [0.1, 0.15) is 19.8 Å². The van der Waals surface area contributed by atoms with E-state index in [4.69, 9.17) is 17.3 Å². The second kappa shape index (κ2) is 7.56. The van der Waals surface area contributed by atoms with E-state index < -0.39 is 0 Å². The maximum Gasteiger partial charge on any atom is 0.168 e. The van der Waals surface area contributed by atoms with E-state index in [-0.39, 0.29) is 18.1 Å². The minimum Gasteiger partial charge on any atom is -0.508 e. The number of nitrogens with one attached hydrogen (secondary N) is 3. The number of allylic oxidation sites excluding steroid dienone is 2. The highest BCUT2D eigenvalue weighted by Gasteiger charge is 2.46. The van der Waals surface area contributed by atoms with Gasteiger partial charge in [0, 0.05) is 21.1 Å². The van der Waals surface area contributed by atoms with Crippen LogP contribution in [0.15, 0.2) is 80.8 Å². The molecule has 0 amide bonds. The van der Waals surface area contributed by atoms with Crippen LogP contribution in [-0.2, 0) is 0 Å². The molecule has 2 aromatic rings. The highest BCUT2D eigenvalue weighted by atomic mass is 32.2. The third-order valence-corrected chi connectivity index (χ3v) is 7.77. The topological polar surface area (TPSA) is 71.9 Å². The molecular weight excluding hydrogens is 438 g/mol. The van der Waals surface area contributed by atoms with Crippen molar-refractivity contribution in [1.82, 2.24) is 10.6 Å². The summed E-state index contributed by atoms with van der Waals surface area (Å²) in [5.74, 6) is 0.387. The largest absolute Gasteiger partial charge is 0.508 e. The molecule has 1 fully saturated rings. The van der Waals surface area contributed by atoms with Gasteiger partial charge in [-0.25, -0.2) is 5.01 Å². The number of aliphatic hydroxyl groups excluding tert-OH is 1. The number of anilines is 3. The molecule has 0 aromatic heterocycles. The first-order valence-corrected chi connectivity index (χ1v) is 12.0. The van der Waals surface area contributed by atoms with Gasteiger partial charge < -0.3 is 21.1 Å². The van der Waals surface area contributed by atoms with Gasteiger partial charge in [-0.15, -0.1) is 0 Å². The molecule has 8 heteroatoms. The number of nitrogens with zero attached hydrogens (tertiary/aromatic N) is 2. The number of hydrazone groups is 1. The van der Waals surface area contributed by atoms with E-state index in [1.165, 1.54) is 9.79 Å². The van der Waals surface area contributed by atoms with Crippen LogP contribution in [0.3, 0.4) is 0 Å². The second-order valence-electron chi connectivity index (χ2n) is 8.38. The molecule has 3 aliphatic heterocycles. The molecule has 0 bridgehead atoms. The molecule has 3 atom stereocenters. The van der Waals surface area contributed by atoms with Crippen LogP contribution in [0.25, 0.3) is 0 Å². The summed E-state index contributed by atoms with van der Waals surface area (Å²) in [6, 6.07) is 14.6. The molecule has 6 rings (SSSR count). The summed E-state index contributed by atoms with van der Waals surface area (Å²) in [6.07, 6.45) is 5.67. The number of hydrogen-bond acceptors (Lipinski definition) is 6. The van der Waals surface area contributed by atoms with Crippen molar-refractivity contribution in [3.05, 3.63) is 65.9 Å². The van der Waals surface area contributed by atoms with Crippen molar-refractivity contribution in [2.24, 2.45) is 11.0 Å². The Balaban J connectivity index is 1.33. The van der Waals surface area contributed by atoms with Crippen molar-refractivity contribution in [3.8, 4) is 0 Å². The molecule has 0 radical (unpaired) electrons. The van der Waals surface area contributed by atoms with Crippen molar-refractivity contribution < 1.29 is 5.11 Å². The van der Waals surface area contributed by atoms with Gasteiger partial charge in [0.25, 0.3) is 0 Å². The third-order valence-electron chi connectivity index (χ3n) is 6.38. The van der Waals surface area contributed by atoms with Crippen LogP contribution in [0.2, 0.25) is 0 Å². The Bertz CT molecular complexity index is 1220. The Kier molecular flexibility index (Phi) is 4.66. The zero-order valence-electron chi connectivity index (χ0n) is 17.5. The van der Waals surface area contributed by atoms with E-state index in [1.54, 1.807) is 11.8 Å². The average Bonchev–Trinajstić information content (AvgIpc) is 3.13. The number of thiocarbonyl (C=S) groups is 1. The van der Waals surface area contributed by atoms with Gasteiger partial charge in [-0.2, -0.15) is 5.10 Å². The fourth-order valence-electron chi connectivity index (χ4n) is 4.89. The Morgan fingerprint density at radius 2 is 1.88 bits per heavy atom. The Morgan fingerprint density at radius 1 is 1.06 bits per heavy atom. The standard InChI is InChI=1S/C24H23N5OS2/c1-13-21-22(15-6-2-4-8-18(15)30)26-24(31)27-23(21)29(28-13)14-10-11-20-17(12-14)25-16-7-3-5-9-19(16)32-20/h3,5-12,21-23,25,30H,2,4H2,1H3,(H2,26,27,31). The van der Waals surface area contributed by atoms with Crippen LogP contribution in [0, 0.1) is 5.92 Å². The van der Waals surface area contributed by atoms with Crippen LogP contribution in [-0.4, -0.2) is 28.1 Å². The summed E-state index contributed by atoms with van der Waals surface area (Å²) in [6.45, 7) is 2.05. The molecule has 3 unspecified atom stereocenters. The first-order chi connectivity index (χ1) is 15.6. The molecule has 6 nitrogen and oxygen atoms in total. The Hall–Kier alpha value is -2.97. The van der Waals surface area contributed by atoms with Gasteiger partial charge in [0.15, 0.2) is 5.11 Å². The molecular formula is C24H23N5OS2. The molecule has 32 heavy (non-hydrogen) atoms. The van der Waals surface area contributed by atoms with E-state index in [1.807, 2.05) is 17.2 Å². The summed E-state index contributed by atoms with van der Waals surface area (Å²) >= 11 is 7.33. The second-order valence-corrected chi connectivity index (χ2v) is 9.87. The number of para-hydroxylation sites is 1. The van der Waals surface area contributed by atoms with Gasteiger partial charge in [0.05, 0.1) is 29.0 Å². The molecule has 4 N–H and O–H groups in total. The summed E-state index contributed by atoms with van der Waals surface area (Å²) < 4.78 is 0. The Morgan fingerprint density at radius 3 is 2.75 bits per heavy atom. The molecule has 4 aliphatic rings. The van der Waals surface area contributed by atoms with E-state index in [9.17, 15) is 5.11 Å². The van der Waals surface area contributed by atoms with E-state index in [0.29, 0.717) is 10.9 Å². The van der Waals surface area contributed by atoms with Crippen molar-refractivity contribution >= 4 is 51.9 Å². The first kappa shape index (κ1) is 19.7. The lowest BCUT2D eigenvalue weighted by molar-refractivity contribution is 0.359. The van der Waals surface area contributed by atoms with Gasteiger partial charge in [0.2, 0.25) is 0 Å². The highest BCUT2D eigenvalue weighted by Crippen LogP contribution is 2.46. The average molecular weight is 462 g/mol.